The highest BCUT2D eigenvalue weighted by Gasteiger charge is 2.37. The number of aromatic nitrogens is 2. The van der Waals surface area contributed by atoms with Crippen LogP contribution in [0.3, 0.4) is 0 Å². The molecule has 3 aromatic rings. The summed E-state index contributed by atoms with van der Waals surface area (Å²) in [6.07, 6.45) is -0.632. The number of alkyl halides is 2. The summed E-state index contributed by atoms with van der Waals surface area (Å²) in [5.41, 5.74) is 7.19. The van der Waals surface area contributed by atoms with Gasteiger partial charge in [0.15, 0.2) is 9.84 Å². The normalized spacial score (nSPS) is 21.2. The van der Waals surface area contributed by atoms with E-state index in [1.807, 2.05) is 0 Å². The number of benzene rings is 2. The number of piperidine rings is 1. The molecule has 36 heavy (non-hydrogen) atoms. The minimum Gasteiger partial charge on any atom is -0.403 e. The third kappa shape index (κ3) is 4.80. The van der Waals surface area contributed by atoms with E-state index in [4.69, 9.17) is 21.8 Å². The van der Waals surface area contributed by atoms with Crippen molar-refractivity contribution in [1.29, 1.82) is 0 Å². The fourth-order valence-electron chi connectivity index (χ4n) is 4.26. The summed E-state index contributed by atoms with van der Waals surface area (Å²) in [6, 6.07) is 10.0. The van der Waals surface area contributed by atoms with Crippen LogP contribution in [0.1, 0.15) is 18.4 Å². The van der Waals surface area contributed by atoms with Crippen molar-refractivity contribution < 1.29 is 26.4 Å². The molecule has 0 radical (unpaired) electrons. The predicted molar refractivity (Wildman–Crippen MR) is 129 cm³/mol. The third-order valence-electron chi connectivity index (χ3n) is 6.25. The van der Waals surface area contributed by atoms with E-state index in [0.29, 0.717) is 10.6 Å². The molecule has 0 saturated carbocycles. The first kappa shape index (κ1) is 24.6. The first-order chi connectivity index (χ1) is 17.0. The van der Waals surface area contributed by atoms with Crippen LogP contribution < -0.4 is 15.5 Å². The van der Waals surface area contributed by atoms with Gasteiger partial charge < -0.3 is 20.0 Å². The largest absolute Gasteiger partial charge is 0.403 e. The summed E-state index contributed by atoms with van der Waals surface area (Å²) in [5, 5.41) is 8.52. The minimum atomic E-state index is -3.87. The molecule has 1 aromatic heterocycles. The van der Waals surface area contributed by atoms with Crippen LogP contribution in [0.2, 0.25) is 5.02 Å². The molecule has 0 unspecified atom stereocenters. The SMILES string of the molecule is N[C@H]1CS(=O)(=O)c2ccc(-c3nnc(N4CCC(F)(F)CC4)o3)cc2N(Cc2ccc(Cl)cc2)C1=O. The highest BCUT2D eigenvalue weighted by atomic mass is 35.5. The van der Waals surface area contributed by atoms with Gasteiger partial charge in [-0.15, -0.1) is 5.10 Å². The molecule has 2 N–H and O–H groups in total. The second-order valence-corrected chi connectivity index (χ2v) is 11.3. The quantitative estimate of drug-likeness (QED) is 0.538. The van der Waals surface area contributed by atoms with Gasteiger partial charge in [-0.2, -0.15) is 0 Å². The number of nitrogens with two attached hydrogens (primary N) is 1. The Morgan fingerprint density at radius 2 is 1.81 bits per heavy atom. The van der Waals surface area contributed by atoms with E-state index in [2.05, 4.69) is 10.2 Å². The molecule has 0 bridgehead atoms. The van der Waals surface area contributed by atoms with Crippen molar-refractivity contribution in [2.24, 2.45) is 5.73 Å². The summed E-state index contributed by atoms with van der Waals surface area (Å²) < 4.78 is 58.7. The van der Waals surface area contributed by atoms with Gasteiger partial charge in [-0.25, -0.2) is 17.2 Å². The number of rotatable bonds is 4. The summed E-state index contributed by atoms with van der Waals surface area (Å²) in [6.45, 7) is 0.198. The van der Waals surface area contributed by atoms with Crippen LogP contribution >= 0.6 is 11.6 Å². The summed E-state index contributed by atoms with van der Waals surface area (Å²) in [4.78, 5) is 16.0. The molecule has 5 rings (SSSR count). The van der Waals surface area contributed by atoms with Crippen LogP contribution in [0.5, 0.6) is 0 Å². The smallest absolute Gasteiger partial charge is 0.318 e. The number of sulfone groups is 1. The van der Waals surface area contributed by atoms with Gasteiger partial charge in [0.25, 0.3) is 5.92 Å². The van der Waals surface area contributed by atoms with Crippen LogP contribution in [0, 0.1) is 0 Å². The highest BCUT2D eigenvalue weighted by Crippen LogP contribution is 2.36. The zero-order chi connectivity index (χ0) is 25.7. The molecule has 190 valence electrons. The number of amides is 1. The average molecular weight is 538 g/mol. The number of hydrogen-bond donors (Lipinski definition) is 1. The van der Waals surface area contributed by atoms with Gasteiger partial charge in [0.05, 0.1) is 28.9 Å². The van der Waals surface area contributed by atoms with E-state index in [0.717, 1.165) is 5.56 Å². The number of halogens is 3. The Labute approximate surface area is 210 Å². The summed E-state index contributed by atoms with van der Waals surface area (Å²) in [7, 11) is -3.87. The van der Waals surface area contributed by atoms with Crippen molar-refractivity contribution in [2.45, 2.75) is 36.2 Å². The number of carbonyl (C=O) groups is 1. The van der Waals surface area contributed by atoms with E-state index in [1.54, 1.807) is 29.2 Å². The summed E-state index contributed by atoms with van der Waals surface area (Å²) >= 11 is 5.97. The Kier molecular flexibility index (Phi) is 6.21. The second-order valence-electron chi connectivity index (χ2n) is 8.85. The van der Waals surface area contributed by atoms with Gasteiger partial charge in [-0.05, 0) is 35.9 Å². The van der Waals surface area contributed by atoms with Gasteiger partial charge in [0, 0.05) is 36.5 Å². The monoisotopic (exact) mass is 537 g/mol. The maximum Gasteiger partial charge on any atom is 0.318 e. The molecule has 0 spiro atoms. The maximum atomic E-state index is 13.5. The van der Waals surface area contributed by atoms with E-state index in [1.165, 1.54) is 23.1 Å². The Balaban J connectivity index is 1.52. The summed E-state index contributed by atoms with van der Waals surface area (Å²) in [5.74, 6) is -3.73. The molecule has 1 atom stereocenters. The Morgan fingerprint density at radius 3 is 2.50 bits per heavy atom. The number of fused-ring (bicyclic) bond motifs is 1. The molecule has 2 aromatic carbocycles. The van der Waals surface area contributed by atoms with Crippen molar-refractivity contribution in [3.05, 3.63) is 53.1 Å². The van der Waals surface area contributed by atoms with E-state index < -0.39 is 33.5 Å². The molecule has 1 fully saturated rings. The second kappa shape index (κ2) is 9.09. The number of anilines is 2. The Bertz CT molecular complexity index is 1400. The first-order valence-corrected chi connectivity index (χ1v) is 13.2. The van der Waals surface area contributed by atoms with Crippen LogP contribution in [0.15, 0.2) is 51.8 Å². The fraction of sp³-hybridized carbons (Fsp3) is 0.348. The lowest BCUT2D eigenvalue weighted by Crippen LogP contribution is -2.45. The lowest BCUT2D eigenvalue weighted by Gasteiger charge is -2.30. The van der Waals surface area contributed by atoms with Crippen LogP contribution in [-0.4, -0.2) is 55.3 Å². The average Bonchev–Trinajstić information content (AvgIpc) is 3.30. The molecular weight excluding hydrogens is 516 g/mol. The first-order valence-electron chi connectivity index (χ1n) is 11.2. The molecule has 0 aliphatic carbocycles. The van der Waals surface area contributed by atoms with E-state index in [9.17, 15) is 22.0 Å². The number of nitrogens with zero attached hydrogens (tertiary/aromatic N) is 4. The van der Waals surface area contributed by atoms with Gasteiger partial charge in [-0.1, -0.05) is 28.8 Å². The van der Waals surface area contributed by atoms with Crippen molar-refractivity contribution in [3.8, 4) is 11.5 Å². The van der Waals surface area contributed by atoms with Gasteiger partial charge in [0.1, 0.15) is 0 Å². The minimum absolute atomic E-state index is 0.0421. The molecule has 9 nitrogen and oxygen atoms in total. The van der Waals surface area contributed by atoms with Crippen LogP contribution in [-0.2, 0) is 21.2 Å². The number of hydrogen-bond acceptors (Lipinski definition) is 8. The number of carbonyl (C=O) groups excluding carboxylic acids is 1. The van der Waals surface area contributed by atoms with Crippen LogP contribution in [0.4, 0.5) is 20.5 Å². The fourth-order valence-corrected chi connectivity index (χ4v) is 5.95. The van der Waals surface area contributed by atoms with Crippen molar-refractivity contribution in [2.75, 3.05) is 28.6 Å². The third-order valence-corrected chi connectivity index (χ3v) is 8.31. The van der Waals surface area contributed by atoms with Crippen molar-refractivity contribution in [1.82, 2.24) is 10.2 Å². The van der Waals surface area contributed by atoms with Gasteiger partial charge in [0.2, 0.25) is 11.8 Å². The van der Waals surface area contributed by atoms with E-state index in [-0.39, 0.29) is 55.0 Å². The molecule has 1 saturated heterocycles. The van der Waals surface area contributed by atoms with Gasteiger partial charge >= 0.3 is 6.01 Å². The lowest BCUT2D eigenvalue weighted by atomic mass is 10.1. The van der Waals surface area contributed by atoms with Crippen molar-refractivity contribution >= 4 is 39.0 Å². The Hall–Kier alpha value is -3.09. The topological polar surface area (TPSA) is 123 Å². The Morgan fingerprint density at radius 1 is 1.11 bits per heavy atom. The van der Waals surface area contributed by atoms with Crippen LogP contribution in [0.25, 0.3) is 11.5 Å². The maximum absolute atomic E-state index is 13.5. The molecule has 2 aliphatic rings. The zero-order valence-corrected chi connectivity index (χ0v) is 20.5. The molecular formula is C23H22ClF2N5O4S. The molecule has 2 aliphatic heterocycles. The standard InChI is InChI=1S/C23H22ClF2N5O4S/c24-16-4-1-14(2-5-16)12-31-18-11-15(3-6-19(18)36(33,34)13-17(27)21(31)32)20-28-29-22(35-20)30-9-7-23(25,26)8-10-30/h1-6,11,17H,7-10,12-13,27H2/t17-/m0/s1. The molecule has 1 amide bonds. The zero-order valence-electron chi connectivity index (χ0n) is 18.9. The predicted octanol–water partition coefficient (Wildman–Crippen LogP) is 3.27. The highest BCUT2D eigenvalue weighted by molar-refractivity contribution is 7.91. The molecule has 3 heterocycles. The lowest BCUT2D eigenvalue weighted by molar-refractivity contribution is -0.119. The van der Waals surface area contributed by atoms with Crippen molar-refractivity contribution in [3.63, 3.8) is 0 Å². The van der Waals surface area contributed by atoms with Gasteiger partial charge in [-0.3, -0.25) is 4.79 Å². The van der Waals surface area contributed by atoms with E-state index >= 15 is 0 Å². The molecule has 13 heteroatoms.